The van der Waals surface area contributed by atoms with Crippen LogP contribution in [0.15, 0.2) is 24.3 Å². The third-order valence-corrected chi connectivity index (χ3v) is 5.53. The van der Waals surface area contributed by atoms with Gasteiger partial charge in [0.1, 0.15) is 0 Å². The Morgan fingerprint density at radius 3 is 2.83 bits per heavy atom. The Morgan fingerprint density at radius 2 is 2.17 bits per heavy atom. The van der Waals surface area contributed by atoms with E-state index in [4.69, 9.17) is 11.6 Å². The Hall–Kier alpha value is -1.08. The van der Waals surface area contributed by atoms with E-state index >= 15 is 0 Å². The molecule has 0 atom stereocenters. The molecule has 0 fully saturated rings. The number of carbonyl (C=O) groups is 3. The van der Waals surface area contributed by atoms with E-state index in [1.807, 2.05) is 0 Å². The maximum atomic E-state index is 11.7. The van der Waals surface area contributed by atoms with Gasteiger partial charge in [0.05, 0.1) is 0 Å². The number of hydrogen-bond acceptors (Lipinski definition) is 3. The first-order chi connectivity index (χ1) is 8.67. The molecule has 0 unspecified atom stereocenters. The van der Waals surface area contributed by atoms with Crippen molar-refractivity contribution in [1.29, 1.82) is 0 Å². The monoisotopic (exact) mass is 374 g/mol. The first-order valence-electron chi connectivity index (χ1n) is 5.08. The molecule has 2 N–H and O–H groups in total. The molecule has 0 saturated carbocycles. The number of anilines is 1. The van der Waals surface area contributed by atoms with E-state index < -0.39 is 21.1 Å². The Kier molecular flexibility index (Phi) is 6.74. The van der Waals surface area contributed by atoms with E-state index in [0.717, 1.165) is 0 Å². The van der Waals surface area contributed by atoms with Gasteiger partial charge < -0.3 is 0 Å². The Bertz CT molecular complexity index is 454. The molecule has 7 heteroatoms. The molecule has 0 aromatic heterocycles. The Labute approximate surface area is 119 Å². The summed E-state index contributed by atoms with van der Waals surface area (Å²) in [5.41, 5.74) is 0.994. The van der Waals surface area contributed by atoms with Crippen LogP contribution in [0.3, 0.4) is 0 Å². The summed E-state index contributed by atoms with van der Waals surface area (Å²) in [5.74, 6) is -0.228. The number of nitrogens with one attached hydrogen (secondary N) is 2. The van der Waals surface area contributed by atoms with Gasteiger partial charge in [0.25, 0.3) is 0 Å². The van der Waals surface area contributed by atoms with E-state index in [1.165, 1.54) is 0 Å². The molecule has 0 saturated heterocycles. The van der Waals surface area contributed by atoms with Gasteiger partial charge in [-0.25, -0.2) is 0 Å². The van der Waals surface area contributed by atoms with Gasteiger partial charge in [-0.05, 0) is 0 Å². The fraction of sp³-hybridized carbons (Fsp3) is 0.182. The van der Waals surface area contributed by atoms with Crippen LogP contribution in [0, 0.1) is 0 Å². The van der Waals surface area contributed by atoms with Crippen LogP contribution in [0.1, 0.15) is 10.4 Å². The average Bonchev–Trinajstić information content (AvgIpc) is 2.39. The van der Waals surface area contributed by atoms with E-state index in [1.54, 1.807) is 24.3 Å². The number of amides is 2. The maximum absolute atomic E-state index is 11.7. The number of halogens is 1. The molecule has 0 bridgehead atoms. The molecule has 2 amide bonds. The first kappa shape index (κ1) is 15.0. The van der Waals surface area contributed by atoms with Crippen molar-refractivity contribution in [2.75, 3.05) is 15.8 Å². The van der Waals surface area contributed by atoms with Gasteiger partial charge in [-0.2, -0.15) is 0 Å². The molecule has 2 radical (unpaired) electrons. The van der Waals surface area contributed by atoms with Crippen LogP contribution in [-0.2, 0) is 9.59 Å². The average molecular weight is 373 g/mol. The Balaban J connectivity index is 2.53. The third kappa shape index (κ3) is 5.05. The van der Waals surface area contributed by atoms with Crippen molar-refractivity contribution in [2.45, 2.75) is 0 Å². The van der Waals surface area contributed by atoms with E-state index in [2.05, 4.69) is 10.6 Å². The third-order valence-electron chi connectivity index (χ3n) is 2.01. The van der Waals surface area contributed by atoms with Crippen LogP contribution in [0.2, 0.25) is 0 Å². The van der Waals surface area contributed by atoms with Crippen LogP contribution in [-0.4, -0.2) is 47.7 Å². The zero-order valence-corrected chi connectivity index (χ0v) is 13.0. The van der Waals surface area contributed by atoms with E-state index in [9.17, 15) is 14.4 Å². The molecule has 1 aromatic rings. The van der Waals surface area contributed by atoms with Gasteiger partial charge in [0.15, 0.2) is 0 Å². The van der Waals surface area contributed by atoms with Crippen molar-refractivity contribution < 1.29 is 14.4 Å². The van der Waals surface area contributed by atoms with Gasteiger partial charge in [-0.1, -0.05) is 0 Å². The second-order valence-corrected chi connectivity index (χ2v) is 7.14. The quantitative estimate of drug-likeness (QED) is 0.413. The topological polar surface area (TPSA) is 75.3 Å². The summed E-state index contributed by atoms with van der Waals surface area (Å²) in [4.78, 5) is 33.0. The SMILES string of the molecule is O=CNc1cccc(C(=O)N[CH2][Sn][C](=O)CCl)c1. The van der Waals surface area contributed by atoms with Crippen molar-refractivity contribution in [2.24, 2.45) is 0 Å². The van der Waals surface area contributed by atoms with Crippen molar-refractivity contribution in [3.8, 4) is 0 Å². The standard InChI is InChI=1S/C9H9N2O2.C2H2ClO.Sn/c1-10-9(13)7-3-2-4-8(5-7)11-6-12;3-1-2-4;/h2-6H,1H2,(H,10,13)(H,11,12);1H2;. The predicted molar refractivity (Wildman–Crippen MR) is 69.9 cm³/mol. The molecular weight excluding hydrogens is 362 g/mol. The summed E-state index contributed by atoms with van der Waals surface area (Å²) in [6, 6.07) is 6.56. The van der Waals surface area contributed by atoms with Crippen molar-refractivity contribution in [3.05, 3.63) is 29.8 Å². The van der Waals surface area contributed by atoms with Gasteiger partial charge in [0.2, 0.25) is 0 Å². The van der Waals surface area contributed by atoms with Crippen LogP contribution in [0.4, 0.5) is 5.69 Å². The molecule has 18 heavy (non-hydrogen) atoms. The molecule has 0 aliphatic heterocycles. The zero-order chi connectivity index (χ0) is 13.4. The molecule has 94 valence electrons. The fourth-order valence-electron chi connectivity index (χ4n) is 1.19. The molecule has 5 nitrogen and oxygen atoms in total. The summed E-state index contributed by atoms with van der Waals surface area (Å²) in [6.45, 7) is 0. The molecule has 1 rings (SSSR count). The summed E-state index contributed by atoms with van der Waals surface area (Å²) in [7, 11) is 0. The van der Waals surface area contributed by atoms with E-state index in [-0.39, 0.29) is 15.6 Å². The van der Waals surface area contributed by atoms with Crippen LogP contribution >= 0.6 is 11.6 Å². The normalized spacial score (nSPS) is 9.61. The van der Waals surface area contributed by atoms with E-state index in [0.29, 0.717) is 22.2 Å². The van der Waals surface area contributed by atoms with Crippen LogP contribution < -0.4 is 10.6 Å². The predicted octanol–water partition coefficient (Wildman–Crippen LogP) is 0.412. The molecular formula is C11H11ClN2O3Sn. The number of benzene rings is 1. The minimum absolute atomic E-state index is 0.0285. The fourth-order valence-corrected chi connectivity index (χ4v) is 3.37. The minimum atomic E-state index is -1.28. The number of carbonyl (C=O) groups excluding carboxylic acids is 3. The summed E-state index contributed by atoms with van der Waals surface area (Å²) in [5, 5.41) is 5.14. The number of rotatable bonds is 7. The zero-order valence-electron chi connectivity index (χ0n) is 9.40. The summed E-state index contributed by atoms with van der Waals surface area (Å²) >= 11 is 4.10. The van der Waals surface area contributed by atoms with Crippen molar-refractivity contribution >= 4 is 54.5 Å². The van der Waals surface area contributed by atoms with Crippen LogP contribution in [0.5, 0.6) is 0 Å². The van der Waals surface area contributed by atoms with Gasteiger partial charge in [-0.3, -0.25) is 0 Å². The van der Waals surface area contributed by atoms with Crippen molar-refractivity contribution in [1.82, 2.24) is 5.32 Å². The van der Waals surface area contributed by atoms with Gasteiger partial charge in [0, 0.05) is 0 Å². The second-order valence-electron chi connectivity index (χ2n) is 3.26. The molecule has 1 aromatic carbocycles. The van der Waals surface area contributed by atoms with Crippen molar-refractivity contribution in [3.63, 3.8) is 0 Å². The summed E-state index contributed by atoms with van der Waals surface area (Å²) in [6.07, 6.45) is 0.546. The molecule has 0 spiro atoms. The molecule has 0 aliphatic rings. The number of alkyl halides is 1. The summed E-state index contributed by atoms with van der Waals surface area (Å²) < 4.78 is 0.468. The van der Waals surface area contributed by atoms with Gasteiger partial charge in [-0.15, -0.1) is 0 Å². The van der Waals surface area contributed by atoms with Gasteiger partial charge >= 0.3 is 120 Å². The van der Waals surface area contributed by atoms with Crippen LogP contribution in [0.25, 0.3) is 0 Å². The first-order valence-corrected chi connectivity index (χ1v) is 9.06. The molecule has 0 aliphatic carbocycles. The second kappa shape index (κ2) is 8.10. The molecule has 0 heterocycles. The number of hydrogen-bond donors (Lipinski definition) is 2. The Morgan fingerprint density at radius 1 is 1.39 bits per heavy atom.